The maximum atomic E-state index is 11.5. The van der Waals surface area contributed by atoms with Crippen molar-refractivity contribution >= 4 is 11.0 Å². The molecule has 0 N–H and O–H groups in total. The highest BCUT2D eigenvalue weighted by atomic mass is 79.9. The van der Waals surface area contributed by atoms with Crippen molar-refractivity contribution < 1.29 is 30.7 Å². The molecular weight excluding hydrogens is 418 g/mol. The van der Waals surface area contributed by atoms with E-state index in [-0.39, 0.29) is 22.6 Å². The second kappa shape index (κ2) is 8.85. The smallest absolute Gasteiger partial charge is 0.336 e. The van der Waals surface area contributed by atoms with Gasteiger partial charge in [-0.3, -0.25) is 0 Å². The minimum atomic E-state index is -0.344. The lowest BCUT2D eigenvalue weighted by Gasteiger charge is -2.07. The number of fused-ring (bicyclic) bond motifs is 1. The van der Waals surface area contributed by atoms with Crippen LogP contribution < -0.4 is 31.9 Å². The summed E-state index contributed by atoms with van der Waals surface area (Å²) in [4.78, 5) is 11.5. The quantitative estimate of drug-likeness (QED) is 0.345. The van der Waals surface area contributed by atoms with Gasteiger partial charge in [-0.25, -0.2) is 9.36 Å². The van der Waals surface area contributed by atoms with E-state index < -0.39 is 0 Å². The summed E-state index contributed by atoms with van der Waals surface area (Å²) in [5, 5.41) is 0.920. The normalized spacial score (nSPS) is 10.5. The Hall–Kier alpha value is -2.92. The van der Waals surface area contributed by atoms with Crippen molar-refractivity contribution in [2.24, 2.45) is 0 Å². The van der Waals surface area contributed by atoms with Crippen molar-refractivity contribution in [2.75, 3.05) is 0 Å². The van der Waals surface area contributed by atoms with Gasteiger partial charge in [-0.2, -0.15) is 0 Å². The van der Waals surface area contributed by atoms with Gasteiger partial charge in [0, 0.05) is 40.8 Å². The molecule has 4 rings (SSSR count). The largest absolute Gasteiger partial charge is 1.00 e. The molecule has 0 aliphatic carbocycles. The zero-order chi connectivity index (χ0) is 18.6. The fourth-order valence-corrected chi connectivity index (χ4v) is 3.05. The fraction of sp³-hybridized carbons (Fsp3) is 0.130. The summed E-state index contributed by atoms with van der Waals surface area (Å²) in [6.07, 6.45) is 4.10. The number of rotatable bonds is 5. The van der Waals surface area contributed by atoms with Gasteiger partial charge in [0.15, 0.2) is 18.9 Å². The summed E-state index contributed by atoms with van der Waals surface area (Å²) >= 11 is 0. The first-order valence-electron chi connectivity index (χ1n) is 8.86. The lowest BCUT2D eigenvalue weighted by Crippen LogP contribution is -3.00. The van der Waals surface area contributed by atoms with Gasteiger partial charge >= 0.3 is 5.63 Å². The fourth-order valence-electron chi connectivity index (χ4n) is 3.05. The van der Waals surface area contributed by atoms with Gasteiger partial charge in [0.2, 0.25) is 0 Å². The van der Waals surface area contributed by atoms with Crippen molar-refractivity contribution in [2.45, 2.75) is 20.1 Å². The molecule has 2 heterocycles. The molecule has 0 atom stereocenters. The zero-order valence-electron chi connectivity index (χ0n) is 15.5. The maximum absolute atomic E-state index is 11.5. The highest BCUT2D eigenvalue weighted by Gasteiger charge is 2.06. The minimum Gasteiger partial charge on any atom is -1.00 e. The Morgan fingerprint density at radius 2 is 1.68 bits per heavy atom. The monoisotopic (exact) mass is 437 g/mol. The van der Waals surface area contributed by atoms with Gasteiger partial charge < -0.3 is 26.1 Å². The molecule has 4 aromatic rings. The van der Waals surface area contributed by atoms with Gasteiger partial charge in [0.05, 0.1) is 0 Å². The Bertz CT molecular complexity index is 1120. The van der Waals surface area contributed by atoms with Gasteiger partial charge in [-0.05, 0) is 24.6 Å². The van der Waals surface area contributed by atoms with Crippen LogP contribution in [0.5, 0.6) is 5.75 Å². The van der Waals surface area contributed by atoms with Crippen molar-refractivity contribution in [3.05, 3.63) is 106 Å². The Balaban J connectivity index is 0.00000225. The van der Waals surface area contributed by atoms with E-state index in [1.54, 1.807) is 6.07 Å². The van der Waals surface area contributed by atoms with Gasteiger partial charge in [0.1, 0.15) is 17.9 Å². The molecule has 0 bridgehead atoms. The molecule has 0 aliphatic heterocycles. The Labute approximate surface area is 173 Å². The first kappa shape index (κ1) is 19.8. The van der Waals surface area contributed by atoms with E-state index in [0.717, 1.165) is 23.1 Å². The molecule has 2 aromatic heterocycles. The van der Waals surface area contributed by atoms with Gasteiger partial charge in [-0.1, -0.05) is 30.3 Å². The zero-order valence-corrected chi connectivity index (χ0v) is 17.1. The van der Waals surface area contributed by atoms with E-state index in [0.29, 0.717) is 17.9 Å². The molecule has 28 heavy (non-hydrogen) atoms. The molecule has 2 aromatic carbocycles. The van der Waals surface area contributed by atoms with E-state index in [9.17, 15) is 4.79 Å². The molecule has 0 fully saturated rings. The van der Waals surface area contributed by atoms with Crippen LogP contribution in [0.25, 0.3) is 11.0 Å². The number of aryl methyl sites for hydroxylation is 1. The number of halogens is 1. The molecule has 142 valence electrons. The standard InChI is InChI=1S/C23H20NO3.BrH/c1-17-13-23(25)27-22-14-20(7-8-21(17)22)26-16-19-9-11-24(12-10-19)15-18-5-3-2-4-6-18;/h2-14H,15-16H2,1H3;1H/q+1;/p-1. The molecule has 0 saturated heterocycles. The second-order valence-corrected chi connectivity index (χ2v) is 6.56. The summed E-state index contributed by atoms with van der Waals surface area (Å²) in [5.41, 5.74) is 3.44. The van der Waals surface area contributed by atoms with Crippen LogP contribution in [0, 0.1) is 6.92 Å². The summed E-state index contributed by atoms with van der Waals surface area (Å²) < 4.78 is 13.3. The summed E-state index contributed by atoms with van der Waals surface area (Å²) in [7, 11) is 0. The van der Waals surface area contributed by atoms with E-state index in [1.807, 2.05) is 49.4 Å². The molecule has 0 unspecified atom stereocenters. The van der Waals surface area contributed by atoms with E-state index in [1.165, 1.54) is 11.6 Å². The van der Waals surface area contributed by atoms with Crippen molar-refractivity contribution in [3.8, 4) is 5.75 Å². The molecule has 4 nitrogen and oxygen atoms in total. The highest BCUT2D eigenvalue weighted by molar-refractivity contribution is 5.81. The van der Waals surface area contributed by atoms with Crippen LogP contribution >= 0.6 is 0 Å². The first-order valence-corrected chi connectivity index (χ1v) is 8.86. The number of hydrogen-bond acceptors (Lipinski definition) is 3. The number of ether oxygens (including phenoxy) is 1. The first-order chi connectivity index (χ1) is 13.2. The number of benzene rings is 2. The second-order valence-electron chi connectivity index (χ2n) is 6.56. The summed E-state index contributed by atoms with van der Waals surface area (Å²) in [5.74, 6) is 0.678. The topological polar surface area (TPSA) is 43.3 Å². The van der Waals surface area contributed by atoms with E-state index in [4.69, 9.17) is 9.15 Å². The van der Waals surface area contributed by atoms with Crippen molar-refractivity contribution in [1.29, 1.82) is 0 Å². The van der Waals surface area contributed by atoms with Crippen molar-refractivity contribution in [3.63, 3.8) is 0 Å². The molecule has 0 radical (unpaired) electrons. The van der Waals surface area contributed by atoms with Gasteiger partial charge in [-0.15, -0.1) is 0 Å². The van der Waals surface area contributed by atoms with Crippen LogP contribution in [-0.2, 0) is 13.2 Å². The lowest BCUT2D eigenvalue weighted by molar-refractivity contribution is -0.688. The van der Waals surface area contributed by atoms with Crippen LogP contribution in [-0.4, -0.2) is 0 Å². The number of pyridine rings is 1. The van der Waals surface area contributed by atoms with E-state index >= 15 is 0 Å². The SMILES string of the molecule is Cc1cc(=O)oc2cc(OCc3cc[n+](Cc4ccccc4)cc3)ccc12.[Br-]. The average Bonchev–Trinajstić information content (AvgIpc) is 2.68. The summed E-state index contributed by atoms with van der Waals surface area (Å²) in [6, 6.07) is 21.5. The Kier molecular flexibility index (Phi) is 6.26. The average molecular weight is 438 g/mol. The third-order valence-corrected chi connectivity index (χ3v) is 4.50. The number of nitrogens with zero attached hydrogens (tertiary/aromatic N) is 1. The van der Waals surface area contributed by atoms with Crippen LogP contribution in [0.4, 0.5) is 0 Å². The molecular formula is C23H20BrNO3. The predicted octanol–water partition coefficient (Wildman–Crippen LogP) is 1.02. The molecule has 0 aliphatic rings. The van der Waals surface area contributed by atoms with Crippen LogP contribution in [0.2, 0.25) is 0 Å². The Morgan fingerprint density at radius 1 is 0.929 bits per heavy atom. The van der Waals surface area contributed by atoms with Crippen LogP contribution in [0.15, 0.2) is 88.3 Å². The van der Waals surface area contributed by atoms with Crippen LogP contribution in [0.1, 0.15) is 16.7 Å². The minimum absolute atomic E-state index is 0. The number of hydrogen-bond donors (Lipinski definition) is 0. The Morgan fingerprint density at radius 3 is 2.43 bits per heavy atom. The molecule has 0 saturated carbocycles. The molecule has 0 spiro atoms. The third-order valence-electron chi connectivity index (χ3n) is 4.50. The predicted molar refractivity (Wildman–Crippen MR) is 104 cm³/mol. The van der Waals surface area contributed by atoms with E-state index in [2.05, 4.69) is 29.1 Å². The molecule has 5 heteroatoms. The number of aromatic nitrogens is 1. The third kappa shape index (κ3) is 4.67. The van der Waals surface area contributed by atoms with Crippen LogP contribution in [0.3, 0.4) is 0 Å². The maximum Gasteiger partial charge on any atom is 0.336 e. The highest BCUT2D eigenvalue weighted by Crippen LogP contribution is 2.22. The lowest BCUT2D eigenvalue weighted by atomic mass is 10.1. The van der Waals surface area contributed by atoms with Crippen molar-refractivity contribution in [1.82, 2.24) is 0 Å². The summed E-state index contributed by atoms with van der Waals surface area (Å²) in [6.45, 7) is 3.19. The van der Waals surface area contributed by atoms with Gasteiger partial charge in [0.25, 0.3) is 0 Å². The molecule has 0 amide bonds.